The van der Waals surface area contributed by atoms with Gasteiger partial charge in [-0.15, -0.1) is 0 Å². The van der Waals surface area contributed by atoms with Crippen molar-refractivity contribution in [3.63, 3.8) is 0 Å². The highest BCUT2D eigenvalue weighted by Crippen LogP contribution is 2.51. The van der Waals surface area contributed by atoms with Crippen molar-refractivity contribution in [2.24, 2.45) is 0 Å². The lowest BCUT2D eigenvalue weighted by Gasteiger charge is -2.33. The van der Waals surface area contributed by atoms with Gasteiger partial charge in [-0.25, -0.2) is 4.39 Å². The zero-order chi connectivity index (χ0) is 17.5. The highest BCUT2D eigenvalue weighted by molar-refractivity contribution is 6.43. The second kappa shape index (κ2) is 6.09. The fraction of sp³-hybridized carbons (Fsp3) is 0.368. The lowest BCUT2D eigenvalue weighted by Crippen LogP contribution is -2.31. The van der Waals surface area contributed by atoms with Crippen LogP contribution in [-0.2, 0) is 4.74 Å². The molecule has 1 aliphatic rings. The van der Waals surface area contributed by atoms with E-state index in [2.05, 4.69) is 35.0 Å². The molecule has 0 spiro atoms. The van der Waals surface area contributed by atoms with E-state index < -0.39 is 5.82 Å². The molecule has 1 saturated heterocycles. The Morgan fingerprint density at radius 3 is 2.29 bits per heavy atom. The van der Waals surface area contributed by atoms with Crippen molar-refractivity contribution >= 4 is 18.9 Å². The molecule has 0 saturated carbocycles. The predicted octanol–water partition coefficient (Wildman–Crippen LogP) is 5.98. The molecule has 0 aromatic heterocycles. The Labute approximate surface area is 148 Å². The molecule has 0 aliphatic carbocycles. The molecular formula is C19H20BClFO2. The zero-order valence-electron chi connectivity index (χ0n) is 14.3. The molecule has 2 nitrogen and oxygen atoms in total. The number of rotatable bonds is 3. The summed E-state index contributed by atoms with van der Waals surface area (Å²) in [6, 6.07) is 11.8. The van der Waals surface area contributed by atoms with Crippen molar-refractivity contribution in [2.45, 2.75) is 44.6 Å². The summed E-state index contributed by atoms with van der Waals surface area (Å²) in [6.45, 7) is 8.55. The van der Waals surface area contributed by atoms with Gasteiger partial charge in [-0.3, -0.25) is 0 Å². The van der Waals surface area contributed by atoms with E-state index in [1.54, 1.807) is 6.07 Å². The van der Waals surface area contributed by atoms with Gasteiger partial charge in [-0.2, -0.15) is 0 Å². The molecule has 0 amide bonds. The van der Waals surface area contributed by atoms with Crippen molar-refractivity contribution in [2.75, 3.05) is 0 Å². The number of ether oxygens (including phenoxy) is 2. The van der Waals surface area contributed by atoms with Crippen LogP contribution in [0, 0.1) is 5.82 Å². The Balaban J connectivity index is 1.75. The van der Waals surface area contributed by atoms with Crippen molar-refractivity contribution in [1.82, 2.24) is 0 Å². The second-order valence-electron chi connectivity index (χ2n) is 7.18. The molecule has 2 aromatic rings. The maximum atomic E-state index is 13.8. The van der Waals surface area contributed by atoms with Crippen LogP contribution >= 0.6 is 11.6 Å². The van der Waals surface area contributed by atoms with Gasteiger partial charge in [-0.1, -0.05) is 37.6 Å². The summed E-state index contributed by atoms with van der Waals surface area (Å²) in [5.74, 6) is 0.233. The fourth-order valence-electron chi connectivity index (χ4n) is 2.66. The maximum Gasteiger partial charge on any atom is 0.167 e. The first-order valence-corrected chi connectivity index (χ1v) is 8.32. The number of benzene rings is 2. The normalized spacial score (nSPS) is 21.3. The van der Waals surface area contributed by atoms with Crippen LogP contribution in [0.2, 0.25) is 10.3 Å². The number of halogens is 2. The molecule has 125 valence electrons. The Morgan fingerprint density at radius 2 is 1.75 bits per heavy atom. The van der Waals surface area contributed by atoms with Gasteiger partial charge < -0.3 is 9.47 Å². The lowest BCUT2D eigenvalue weighted by molar-refractivity contribution is -0.0342. The predicted molar refractivity (Wildman–Crippen MR) is 95.6 cm³/mol. The molecule has 3 rings (SSSR count). The minimum absolute atomic E-state index is 0.0146. The van der Waals surface area contributed by atoms with Gasteiger partial charge in [0.1, 0.15) is 5.75 Å². The van der Waals surface area contributed by atoms with Gasteiger partial charge in [0.2, 0.25) is 0 Å². The molecule has 0 bridgehead atoms. The van der Waals surface area contributed by atoms with Crippen molar-refractivity contribution in [1.29, 1.82) is 0 Å². The van der Waals surface area contributed by atoms with Crippen molar-refractivity contribution in [3.05, 3.63) is 58.9 Å². The summed E-state index contributed by atoms with van der Waals surface area (Å²) in [5.41, 5.74) is 0.830. The van der Waals surface area contributed by atoms with Crippen LogP contribution < -0.4 is 4.74 Å². The number of hydrogen-bond donors (Lipinski definition) is 0. The average Bonchev–Trinajstić information content (AvgIpc) is 2.71. The molecule has 24 heavy (non-hydrogen) atoms. The SMILES string of the molecule is CC1(C)[B]C(c2ccc(Oc3ccc(Cl)cc3F)cc2)OC1(C)C. The third kappa shape index (κ3) is 3.31. The average molecular weight is 346 g/mol. The summed E-state index contributed by atoms with van der Waals surface area (Å²) in [5, 5.41) is 0.327. The molecule has 2 aromatic carbocycles. The van der Waals surface area contributed by atoms with Crippen LogP contribution in [0.25, 0.3) is 0 Å². The Bertz CT molecular complexity index is 728. The molecule has 1 heterocycles. The third-order valence-electron chi connectivity index (χ3n) is 4.87. The van der Waals surface area contributed by atoms with Gasteiger partial charge in [0.05, 0.1) is 11.6 Å². The van der Waals surface area contributed by atoms with Gasteiger partial charge in [0, 0.05) is 5.02 Å². The summed E-state index contributed by atoms with van der Waals surface area (Å²) in [7, 11) is 2.22. The van der Waals surface area contributed by atoms with Crippen LogP contribution in [-0.4, -0.2) is 12.9 Å². The monoisotopic (exact) mass is 345 g/mol. The minimum atomic E-state index is -0.484. The molecule has 0 N–H and O–H groups in total. The van der Waals surface area contributed by atoms with Crippen molar-refractivity contribution in [3.8, 4) is 11.5 Å². The lowest BCUT2D eigenvalue weighted by atomic mass is 9.47. The van der Waals surface area contributed by atoms with E-state index in [0.717, 1.165) is 5.56 Å². The third-order valence-corrected chi connectivity index (χ3v) is 5.11. The van der Waals surface area contributed by atoms with E-state index in [4.69, 9.17) is 21.1 Å². The number of hydrogen-bond acceptors (Lipinski definition) is 2. The smallest absolute Gasteiger partial charge is 0.167 e. The molecule has 1 fully saturated rings. The second-order valence-corrected chi connectivity index (χ2v) is 7.62. The van der Waals surface area contributed by atoms with E-state index in [0.29, 0.717) is 10.8 Å². The molecule has 5 heteroatoms. The molecule has 1 aliphatic heterocycles. The summed E-state index contributed by atoms with van der Waals surface area (Å²) in [6.07, 6.45) is 0. The summed E-state index contributed by atoms with van der Waals surface area (Å²) < 4.78 is 25.5. The van der Waals surface area contributed by atoms with Crippen molar-refractivity contribution < 1.29 is 13.9 Å². The summed E-state index contributed by atoms with van der Waals surface area (Å²) >= 11 is 5.75. The van der Waals surface area contributed by atoms with Crippen LogP contribution in [0.1, 0.15) is 39.3 Å². The van der Waals surface area contributed by atoms with Gasteiger partial charge in [-0.05, 0) is 55.1 Å². The van der Waals surface area contributed by atoms with Crippen LogP contribution in [0.3, 0.4) is 0 Å². The van der Waals surface area contributed by atoms with Crippen LogP contribution in [0.4, 0.5) is 4.39 Å². The minimum Gasteiger partial charge on any atom is -0.454 e. The topological polar surface area (TPSA) is 18.5 Å². The fourth-order valence-corrected chi connectivity index (χ4v) is 2.82. The Kier molecular flexibility index (Phi) is 4.39. The molecule has 1 atom stereocenters. The highest BCUT2D eigenvalue weighted by Gasteiger charge is 2.48. The van der Waals surface area contributed by atoms with E-state index in [9.17, 15) is 4.39 Å². The summed E-state index contributed by atoms with van der Waals surface area (Å²) in [4.78, 5) is 0. The molecule has 1 radical (unpaired) electrons. The first kappa shape index (κ1) is 17.3. The largest absolute Gasteiger partial charge is 0.454 e. The van der Waals surface area contributed by atoms with Crippen LogP contribution in [0.15, 0.2) is 42.5 Å². The molecule has 1 unspecified atom stereocenters. The molecular weight excluding hydrogens is 325 g/mol. The van der Waals surface area contributed by atoms with E-state index in [-0.39, 0.29) is 22.7 Å². The van der Waals surface area contributed by atoms with Gasteiger partial charge >= 0.3 is 0 Å². The standard InChI is InChI=1S/C19H20BClFO2/c1-18(2)19(3,4)24-17(20-18)12-5-8-14(9-6-12)23-16-10-7-13(21)11-15(16)22/h5-11,17H,1-4H3. The Hall–Kier alpha value is -1.52. The Morgan fingerprint density at radius 1 is 1.08 bits per heavy atom. The van der Waals surface area contributed by atoms with Gasteiger partial charge in [0.15, 0.2) is 18.8 Å². The van der Waals surface area contributed by atoms with E-state index in [1.165, 1.54) is 12.1 Å². The first-order chi connectivity index (χ1) is 11.2. The van der Waals surface area contributed by atoms with E-state index in [1.807, 2.05) is 24.3 Å². The maximum absolute atomic E-state index is 13.8. The van der Waals surface area contributed by atoms with Gasteiger partial charge in [0.25, 0.3) is 0 Å². The quantitative estimate of drug-likeness (QED) is 0.637. The first-order valence-electron chi connectivity index (χ1n) is 7.95. The van der Waals surface area contributed by atoms with Crippen LogP contribution in [0.5, 0.6) is 11.5 Å². The van der Waals surface area contributed by atoms with E-state index >= 15 is 0 Å². The zero-order valence-corrected chi connectivity index (χ0v) is 15.0. The highest BCUT2D eigenvalue weighted by atomic mass is 35.5.